The van der Waals surface area contributed by atoms with Crippen molar-refractivity contribution in [2.24, 2.45) is 0 Å². The predicted octanol–water partition coefficient (Wildman–Crippen LogP) is 3.67. The van der Waals surface area contributed by atoms with Crippen LogP contribution in [0.3, 0.4) is 0 Å². The van der Waals surface area contributed by atoms with E-state index in [-0.39, 0.29) is 17.9 Å². The molecule has 0 aliphatic heterocycles. The number of aromatic hydroxyl groups is 1. The Balaban J connectivity index is 0.000000521. The van der Waals surface area contributed by atoms with Crippen molar-refractivity contribution in [2.75, 3.05) is 31.6 Å². The molecule has 10 nitrogen and oxygen atoms in total. The number of aromatic carboxylic acids is 1. The molecule has 0 aliphatic rings. The Kier molecular flexibility index (Phi) is 18.3. The minimum absolute atomic E-state index is 0.0746. The van der Waals surface area contributed by atoms with Gasteiger partial charge in [0.2, 0.25) is 0 Å². The van der Waals surface area contributed by atoms with E-state index in [1.807, 2.05) is 12.1 Å². The standard InChI is InChI=1S/C31H35NO3.C7H17NO5/c1-3-5-6-7-21-32(28-19-20-30(33)29(22-28)31(34)35)23-27-17-15-26(16-18-27)14-13-25-11-9-24(8-4-2)10-12-25;1-8-2-4(10)6(12)7(13)5(11)3-9/h9-12,15-20,22,33H,3-8,21,23H2,1-2H3,(H,34,35);4-13H,2-3H2,1H3/t;4-,5+,6+,7+/m.0/s1. The van der Waals surface area contributed by atoms with E-state index in [1.54, 1.807) is 19.2 Å². The summed E-state index contributed by atoms with van der Waals surface area (Å²) >= 11 is 0. The number of anilines is 1. The molecule has 8 N–H and O–H groups in total. The SMILES string of the molecule is CCCCCCN(Cc1ccc(C#Cc2ccc(CCC)cc2)cc1)c1ccc(O)c(C(=O)O)c1.CNC[C@H](O)[C@@H](O)[C@H](O)[C@H](O)CO. The molecule has 4 atom stereocenters. The third-order valence-corrected chi connectivity index (χ3v) is 7.77. The topological polar surface area (TPSA) is 174 Å². The molecule has 3 aromatic carbocycles. The number of aliphatic hydroxyl groups excluding tert-OH is 5. The summed E-state index contributed by atoms with van der Waals surface area (Å²) in [5, 5.41) is 66.8. The summed E-state index contributed by atoms with van der Waals surface area (Å²) in [6.07, 6.45) is 1.08. The van der Waals surface area contributed by atoms with Crippen LogP contribution in [0, 0.1) is 11.8 Å². The van der Waals surface area contributed by atoms with Gasteiger partial charge in [0.25, 0.3) is 0 Å². The fourth-order valence-electron chi connectivity index (χ4n) is 4.92. The van der Waals surface area contributed by atoms with Gasteiger partial charge in [0.15, 0.2) is 0 Å². The minimum atomic E-state index is -1.55. The van der Waals surface area contributed by atoms with Crippen molar-refractivity contribution in [2.45, 2.75) is 83.3 Å². The number of phenols is 1. The molecule has 0 saturated carbocycles. The smallest absolute Gasteiger partial charge is 0.339 e. The summed E-state index contributed by atoms with van der Waals surface area (Å²) in [5.41, 5.74) is 5.15. The predicted molar refractivity (Wildman–Crippen MR) is 188 cm³/mol. The minimum Gasteiger partial charge on any atom is -0.507 e. The summed E-state index contributed by atoms with van der Waals surface area (Å²) in [6, 6.07) is 21.5. The summed E-state index contributed by atoms with van der Waals surface area (Å²) in [4.78, 5) is 13.7. The van der Waals surface area contributed by atoms with E-state index in [0.717, 1.165) is 61.0 Å². The number of benzene rings is 3. The molecule has 3 rings (SSSR count). The molecule has 0 aromatic heterocycles. The van der Waals surface area contributed by atoms with Crippen LogP contribution >= 0.6 is 0 Å². The van der Waals surface area contributed by atoms with Crippen LogP contribution in [0.15, 0.2) is 66.7 Å². The summed E-state index contributed by atoms with van der Waals surface area (Å²) in [5.74, 6) is 5.14. The summed E-state index contributed by atoms with van der Waals surface area (Å²) < 4.78 is 0. The molecule has 10 heteroatoms. The molecule has 0 aliphatic carbocycles. The molecule has 0 fully saturated rings. The van der Waals surface area contributed by atoms with E-state index in [1.165, 1.54) is 18.1 Å². The zero-order valence-electron chi connectivity index (χ0n) is 28.2. The van der Waals surface area contributed by atoms with Crippen LogP contribution in [0.4, 0.5) is 5.69 Å². The normalized spacial score (nSPS) is 13.2. The highest BCUT2D eigenvalue weighted by atomic mass is 16.4. The van der Waals surface area contributed by atoms with Crippen molar-refractivity contribution < 1.29 is 40.5 Å². The van der Waals surface area contributed by atoms with Gasteiger partial charge < -0.3 is 46.0 Å². The zero-order valence-corrected chi connectivity index (χ0v) is 28.2. The van der Waals surface area contributed by atoms with Crippen molar-refractivity contribution in [3.63, 3.8) is 0 Å². The molecule has 0 amide bonds. The maximum absolute atomic E-state index is 11.5. The van der Waals surface area contributed by atoms with Gasteiger partial charge in [-0.25, -0.2) is 4.79 Å². The first-order valence-corrected chi connectivity index (χ1v) is 16.5. The molecule has 0 spiro atoms. The molecule has 0 heterocycles. The number of nitrogens with zero attached hydrogens (tertiary/aromatic N) is 1. The van der Waals surface area contributed by atoms with Crippen LogP contribution in [0.5, 0.6) is 5.75 Å². The number of aliphatic hydroxyl groups is 5. The van der Waals surface area contributed by atoms with Gasteiger partial charge in [-0.1, -0.05) is 75.6 Å². The Morgan fingerprint density at radius 2 is 1.38 bits per heavy atom. The van der Waals surface area contributed by atoms with E-state index in [9.17, 15) is 20.1 Å². The van der Waals surface area contributed by atoms with Crippen LogP contribution in [0.25, 0.3) is 0 Å². The van der Waals surface area contributed by atoms with Crippen molar-refractivity contribution in [1.82, 2.24) is 5.32 Å². The van der Waals surface area contributed by atoms with Crippen LogP contribution in [0.2, 0.25) is 0 Å². The van der Waals surface area contributed by atoms with E-state index >= 15 is 0 Å². The third-order valence-electron chi connectivity index (χ3n) is 7.77. The Morgan fingerprint density at radius 3 is 1.90 bits per heavy atom. The average Bonchev–Trinajstić information content (AvgIpc) is 3.09. The second-order valence-corrected chi connectivity index (χ2v) is 11.7. The summed E-state index contributed by atoms with van der Waals surface area (Å²) in [7, 11) is 1.57. The number of likely N-dealkylation sites (N-methyl/N-ethyl adjacent to an activating group) is 1. The number of hydrogen-bond acceptors (Lipinski definition) is 9. The van der Waals surface area contributed by atoms with Crippen LogP contribution < -0.4 is 10.2 Å². The molecule has 48 heavy (non-hydrogen) atoms. The van der Waals surface area contributed by atoms with E-state index in [2.05, 4.69) is 72.3 Å². The molecule has 0 bridgehead atoms. The third kappa shape index (κ3) is 13.6. The van der Waals surface area contributed by atoms with Gasteiger partial charge in [-0.2, -0.15) is 0 Å². The molecule has 262 valence electrons. The van der Waals surface area contributed by atoms with Gasteiger partial charge in [-0.3, -0.25) is 0 Å². The largest absolute Gasteiger partial charge is 0.507 e. The van der Waals surface area contributed by atoms with Crippen molar-refractivity contribution in [1.29, 1.82) is 0 Å². The van der Waals surface area contributed by atoms with E-state index < -0.39 is 37.0 Å². The number of unbranched alkanes of at least 4 members (excludes halogenated alkanes) is 3. The second-order valence-electron chi connectivity index (χ2n) is 11.7. The van der Waals surface area contributed by atoms with E-state index in [0.29, 0.717) is 6.54 Å². The van der Waals surface area contributed by atoms with Gasteiger partial charge in [0.1, 0.15) is 29.6 Å². The molecule has 0 radical (unpaired) electrons. The fraction of sp³-hybridized carbons (Fsp3) is 0.447. The summed E-state index contributed by atoms with van der Waals surface area (Å²) in [6.45, 7) is 5.27. The number of rotatable bonds is 17. The second kappa shape index (κ2) is 21.8. The molecule has 0 saturated heterocycles. The highest BCUT2D eigenvalue weighted by Crippen LogP contribution is 2.26. The first kappa shape index (κ1) is 40.2. The average molecular weight is 665 g/mol. The number of carboxylic acids is 1. The fourth-order valence-corrected chi connectivity index (χ4v) is 4.92. The lowest BCUT2D eigenvalue weighted by molar-refractivity contribution is -0.113. The quantitative estimate of drug-likeness (QED) is 0.0786. The van der Waals surface area contributed by atoms with Crippen molar-refractivity contribution in [3.05, 3.63) is 94.5 Å². The number of hydrogen-bond donors (Lipinski definition) is 8. The van der Waals surface area contributed by atoms with Gasteiger partial charge in [-0.05, 0) is 73.5 Å². The van der Waals surface area contributed by atoms with Gasteiger partial charge in [0, 0.05) is 36.4 Å². The maximum Gasteiger partial charge on any atom is 0.339 e. The molecule has 3 aromatic rings. The van der Waals surface area contributed by atoms with E-state index in [4.69, 9.17) is 20.4 Å². The lowest BCUT2D eigenvalue weighted by Gasteiger charge is -2.25. The Hall–Kier alpha value is -3.95. The van der Waals surface area contributed by atoms with Gasteiger partial charge >= 0.3 is 5.97 Å². The number of aryl methyl sites for hydroxylation is 1. The monoisotopic (exact) mass is 664 g/mol. The Labute approximate surface area is 284 Å². The van der Waals surface area contributed by atoms with Gasteiger partial charge in [-0.15, -0.1) is 0 Å². The first-order valence-electron chi connectivity index (χ1n) is 16.5. The zero-order chi connectivity index (χ0) is 35.5. The lowest BCUT2D eigenvalue weighted by Crippen LogP contribution is -2.48. The molecular weight excluding hydrogens is 612 g/mol. The lowest BCUT2D eigenvalue weighted by atomic mass is 10.0. The van der Waals surface area contributed by atoms with Gasteiger partial charge in [0.05, 0.1) is 12.7 Å². The Morgan fingerprint density at radius 1 is 0.792 bits per heavy atom. The van der Waals surface area contributed by atoms with Crippen molar-refractivity contribution >= 4 is 11.7 Å². The van der Waals surface area contributed by atoms with Crippen LogP contribution in [-0.2, 0) is 13.0 Å². The highest BCUT2D eigenvalue weighted by molar-refractivity contribution is 5.92. The first-order chi connectivity index (χ1) is 23.0. The molecule has 0 unspecified atom stereocenters. The van der Waals surface area contributed by atoms with Crippen LogP contribution in [-0.4, -0.2) is 92.9 Å². The number of nitrogens with one attached hydrogen (secondary N) is 1. The highest BCUT2D eigenvalue weighted by Gasteiger charge is 2.29. The Bertz CT molecular complexity index is 1420. The van der Waals surface area contributed by atoms with Crippen LogP contribution in [0.1, 0.15) is 78.6 Å². The molecular formula is C38H52N2O8. The van der Waals surface area contributed by atoms with Crippen molar-refractivity contribution in [3.8, 4) is 17.6 Å². The maximum atomic E-state index is 11.5. The number of carboxylic acid groups (broad SMARTS) is 1. The number of carbonyl (C=O) groups is 1.